The van der Waals surface area contributed by atoms with Crippen LogP contribution in [0.15, 0.2) is 34.8 Å². The smallest absolute Gasteiger partial charge is 0.231 e. The van der Waals surface area contributed by atoms with Gasteiger partial charge in [-0.2, -0.15) is 0 Å². The maximum Gasteiger partial charge on any atom is 0.231 e. The molecule has 110 valence electrons. The number of halogens is 2. The molecule has 0 amide bonds. The van der Waals surface area contributed by atoms with Crippen molar-refractivity contribution in [3.63, 3.8) is 0 Å². The molecule has 0 spiro atoms. The van der Waals surface area contributed by atoms with E-state index in [1.165, 1.54) is 6.07 Å². The molecule has 0 fully saturated rings. The largest absolute Gasteiger partial charge is 0.493 e. The van der Waals surface area contributed by atoms with Gasteiger partial charge in [0.1, 0.15) is 5.82 Å². The highest BCUT2D eigenvalue weighted by atomic mass is 79.9. The quantitative estimate of drug-likeness (QED) is 0.903. The van der Waals surface area contributed by atoms with Crippen LogP contribution in [0.5, 0.6) is 17.2 Å². The van der Waals surface area contributed by atoms with Crippen LogP contribution in [0.1, 0.15) is 5.56 Å². The zero-order valence-corrected chi connectivity index (χ0v) is 12.9. The number of ether oxygens (including phenoxy) is 3. The molecule has 1 N–H and O–H groups in total. The standard InChI is InChI=1S/C15H13BrFNO3/c1-19-13-4-9(5-14-15(13)21-8-20-14)7-18-10-2-3-11(16)12(17)6-10/h2-6,18H,7-8H2,1H3. The van der Waals surface area contributed by atoms with Gasteiger partial charge in [0.25, 0.3) is 0 Å². The van der Waals surface area contributed by atoms with Gasteiger partial charge in [0.15, 0.2) is 11.5 Å². The summed E-state index contributed by atoms with van der Waals surface area (Å²) in [5, 5.41) is 3.16. The number of benzene rings is 2. The molecule has 0 aromatic heterocycles. The highest BCUT2D eigenvalue weighted by Crippen LogP contribution is 2.41. The molecular formula is C15H13BrFNO3. The van der Waals surface area contributed by atoms with Crippen LogP contribution in [-0.2, 0) is 6.54 Å². The Morgan fingerprint density at radius 1 is 1.29 bits per heavy atom. The highest BCUT2D eigenvalue weighted by Gasteiger charge is 2.19. The Balaban J connectivity index is 1.77. The van der Waals surface area contributed by atoms with Gasteiger partial charge in [-0.05, 0) is 51.8 Å². The Morgan fingerprint density at radius 2 is 2.14 bits per heavy atom. The van der Waals surface area contributed by atoms with E-state index in [0.717, 1.165) is 5.56 Å². The first-order valence-corrected chi connectivity index (χ1v) is 7.12. The van der Waals surface area contributed by atoms with Gasteiger partial charge in [0, 0.05) is 12.2 Å². The Labute approximate surface area is 130 Å². The Hall–Kier alpha value is -1.95. The second-order valence-corrected chi connectivity index (χ2v) is 5.37. The van der Waals surface area contributed by atoms with Gasteiger partial charge < -0.3 is 19.5 Å². The minimum Gasteiger partial charge on any atom is -0.493 e. The molecule has 6 heteroatoms. The molecule has 2 aromatic rings. The van der Waals surface area contributed by atoms with Crippen LogP contribution in [-0.4, -0.2) is 13.9 Å². The van der Waals surface area contributed by atoms with Gasteiger partial charge >= 0.3 is 0 Å². The number of rotatable bonds is 4. The average Bonchev–Trinajstić information content (AvgIpc) is 2.96. The second-order valence-electron chi connectivity index (χ2n) is 4.51. The van der Waals surface area contributed by atoms with Crippen LogP contribution in [0, 0.1) is 5.82 Å². The first-order chi connectivity index (χ1) is 10.2. The summed E-state index contributed by atoms with van der Waals surface area (Å²) < 4.78 is 29.9. The van der Waals surface area contributed by atoms with E-state index in [-0.39, 0.29) is 12.6 Å². The monoisotopic (exact) mass is 353 g/mol. The van der Waals surface area contributed by atoms with Crippen molar-refractivity contribution in [2.75, 3.05) is 19.2 Å². The number of fused-ring (bicyclic) bond motifs is 1. The zero-order chi connectivity index (χ0) is 14.8. The Kier molecular flexibility index (Phi) is 3.88. The second kappa shape index (κ2) is 5.81. The zero-order valence-electron chi connectivity index (χ0n) is 11.3. The SMILES string of the molecule is COc1cc(CNc2ccc(Br)c(F)c2)cc2c1OCO2. The lowest BCUT2D eigenvalue weighted by Crippen LogP contribution is -2.00. The fourth-order valence-corrected chi connectivity index (χ4v) is 2.34. The third-order valence-corrected chi connectivity index (χ3v) is 3.78. The van der Waals surface area contributed by atoms with Gasteiger partial charge in [-0.15, -0.1) is 0 Å². The fraction of sp³-hybridized carbons (Fsp3) is 0.200. The summed E-state index contributed by atoms with van der Waals surface area (Å²) in [6.07, 6.45) is 0. The molecule has 0 atom stereocenters. The van der Waals surface area contributed by atoms with Gasteiger partial charge in [0.2, 0.25) is 12.5 Å². The van der Waals surface area contributed by atoms with Crippen molar-refractivity contribution in [2.24, 2.45) is 0 Å². The van der Waals surface area contributed by atoms with E-state index in [4.69, 9.17) is 14.2 Å². The summed E-state index contributed by atoms with van der Waals surface area (Å²) in [7, 11) is 1.58. The number of methoxy groups -OCH3 is 1. The summed E-state index contributed by atoms with van der Waals surface area (Å²) in [6.45, 7) is 0.717. The lowest BCUT2D eigenvalue weighted by molar-refractivity contribution is 0.171. The molecule has 0 bridgehead atoms. The van der Waals surface area contributed by atoms with E-state index in [9.17, 15) is 4.39 Å². The predicted octanol–water partition coefficient (Wildman–Crippen LogP) is 3.94. The normalized spacial score (nSPS) is 12.3. The van der Waals surface area contributed by atoms with E-state index >= 15 is 0 Å². The van der Waals surface area contributed by atoms with Crippen molar-refractivity contribution in [3.8, 4) is 17.2 Å². The van der Waals surface area contributed by atoms with Gasteiger partial charge in [-0.1, -0.05) is 0 Å². The molecule has 0 radical (unpaired) electrons. The molecule has 0 saturated carbocycles. The maximum atomic E-state index is 13.5. The minimum absolute atomic E-state index is 0.195. The van der Waals surface area contributed by atoms with Crippen LogP contribution in [0.3, 0.4) is 0 Å². The number of nitrogens with one attached hydrogen (secondary N) is 1. The molecule has 2 aromatic carbocycles. The fourth-order valence-electron chi connectivity index (χ4n) is 2.10. The van der Waals surface area contributed by atoms with Crippen molar-refractivity contribution in [1.82, 2.24) is 0 Å². The molecule has 0 unspecified atom stereocenters. The molecule has 1 aliphatic rings. The molecule has 4 nitrogen and oxygen atoms in total. The first kappa shape index (κ1) is 14.0. The van der Waals surface area contributed by atoms with Crippen LogP contribution >= 0.6 is 15.9 Å². The molecule has 21 heavy (non-hydrogen) atoms. The minimum atomic E-state index is -0.303. The van der Waals surface area contributed by atoms with Crippen LogP contribution in [0.4, 0.5) is 10.1 Å². The van der Waals surface area contributed by atoms with Crippen molar-refractivity contribution >= 4 is 21.6 Å². The highest BCUT2D eigenvalue weighted by molar-refractivity contribution is 9.10. The summed E-state index contributed by atoms with van der Waals surface area (Å²) in [5.74, 6) is 1.61. The third-order valence-electron chi connectivity index (χ3n) is 3.13. The first-order valence-electron chi connectivity index (χ1n) is 6.33. The van der Waals surface area contributed by atoms with Gasteiger partial charge in [-0.25, -0.2) is 4.39 Å². The van der Waals surface area contributed by atoms with E-state index in [1.54, 1.807) is 19.2 Å². The molecule has 1 aliphatic heterocycles. The lowest BCUT2D eigenvalue weighted by Gasteiger charge is -2.10. The third kappa shape index (κ3) is 2.90. The Bertz CT molecular complexity index is 678. The molecule has 0 saturated heterocycles. The molecular weight excluding hydrogens is 341 g/mol. The van der Waals surface area contributed by atoms with Crippen LogP contribution in [0.25, 0.3) is 0 Å². The molecule has 0 aliphatic carbocycles. The number of hydrogen-bond acceptors (Lipinski definition) is 4. The number of hydrogen-bond donors (Lipinski definition) is 1. The summed E-state index contributed by atoms with van der Waals surface area (Å²) in [5.41, 5.74) is 1.66. The molecule has 3 rings (SSSR count). The van der Waals surface area contributed by atoms with Crippen molar-refractivity contribution in [2.45, 2.75) is 6.54 Å². The van der Waals surface area contributed by atoms with Crippen LogP contribution < -0.4 is 19.5 Å². The van der Waals surface area contributed by atoms with Crippen molar-refractivity contribution in [3.05, 3.63) is 46.2 Å². The van der Waals surface area contributed by atoms with Crippen molar-refractivity contribution < 1.29 is 18.6 Å². The topological polar surface area (TPSA) is 39.7 Å². The Morgan fingerprint density at radius 3 is 2.90 bits per heavy atom. The van der Waals surface area contributed by atoms with Crippen molar-refractivity contribution in [1.29, 1.82) is 0 Å². The van der Waals surface area contributed by atoms with E-state index < -0.39 is 0 Å². The van der Waals surface area contributed by atoms with E-state index in [0.29, 0.717) is 34.0 Å². The average molecular weight is 354 g/mol. The van der Waals surface area contributed by atoms with Gasteiger partial charge in [-0.3, -0.25) is 0 Å². The van der Waals surface area contributed by atoms with E-state index in [1.807, 2.05) is 12.1 Å². The predicted molar refractivity (Wildman–Crippen MR) is 80.5 cm³/mol. The molecule has 1 heterocycles. The summed E-state index contributed by atoms with van der Waals surface area (Å²) in [4.78, 5) is 0. The number of anilines is 1. The van der Waals surface area contributed by atoms with Gasteiger partial charge in [0.05, 0.1) is 11.6 Å². The summed E-state index contributed by atoms with van der Waals surface area (Å²) in [6, 6.07) is 8.66. The maximum absolute atomic E-state index is 13.5. The van der Waals surface area contributed by atoms with E-state index in [2.05, 4.69) is 21.2 Å². The van der Waals surface area contributed by atoms with Crippen LogP contribution in [0.2, 0.25) is 0 Å². The summed E-state index contributed by atoms with van der Waals surface area (Å²) >= 11 is 3.13. The lowest BCUT2D eigenvalue weighted by atomic mass is 10.1.